The molecule has 140 valence electrons. The van der Waals surface area contributed by atoms with Gasteiger partial charge < -0.3 is 20.1 Å². The molecule has 0 saturated carbocycles. The van der Waals surface area contributed by atoms with Crippen molar-refractivity contribution in [2.24, 2.45) is 0 Å². The highest BCUT2D eigenvalue weighted by atomic mass is 16.5. The molecule has 0 saturated heterocycles. The second-order valence-electron chi connectivity index (χ2n) is 6.58. The lowest BCUT2D eigenvalue weighted by atomic mass is 10.1. The Bertz CT molecular complexity index is 977. The lowest BCUT2D eigenvalue weighted by Crippen LogP contribution is -2.44. The van der Waals surface area contributed by atoms with Crippen LogP contribution < -0.4 is 10.1 Å². The van der Waals surface area contributed by atoms with Crippen molar-refractivity contribution in [1.82, 2.24) is 10.3 Å². The number of aromatic nitrogens is 1. The molecule has 0 unspecified atom stereocenters. The van der Waals surface area contributed by atoms with Crippen molar-refractivity contribution in [3.05, 3.63) is 65.4 Å². The molecular formula is C21H22N2O4. The summed E-state index contributed by atoms with van der Waals surface area (Å²) in [4.78, 5) is 26.9. The number of fused-ring (bicyclic) bond motifs is 1. The molecule has 3 N–H and O–H groups in total. The predicted molar refractivity (Wildman–Crippen MR) is 103 cm³/mol. The maximum atomic E-state index is 12.2. The van der Waals surface area contributed by atoms with E-state index in [2.05, 4.69) is 10.3 Å². The van der Waals surface area contributed by atoms with Crippen molar-refractivity contribution in [3.8, 4) is 5.75 Å². The Morgan fingerprint density at radius 1 is 1.19 bits per heavy atom. The first-order chi connectivity index (χ1) is 12.9. The van der Waals surface area contributed by atoms with Gasteiger partial charge in [-0.25, -0.2) is 4.79 Å². The molecule has 2 aromatic carbocycles. The number of aryl methyl sites for hydroxylation is 2. The summed E-state index contributed by atoms with van der Waals surface area (Å²) in [6.07, 6.45) is 1.97. The first kappa shape index (κ1) is 18.5. The number of hydrogen-bond donors (Lipinski definition) is 3. The zero-order valence-electron chi connectivity index (χ0n) is 15.3. The summed E-state index contributed by atoms with van der Waals surface area (Å²) in [5.74, 6) is -0.933. The Labute approximate surface area is 157 Å². The molecule has 6 heteroatoms. The van der Waals surface area contributed by atoms with E-state index in [4.69, 9.17) is 4.74 Å². The fraction of sp³-hybridized carbons (Fsp3) is 0.238. The molecule has 3 aromatic rings. The molecule has 0 fully saturated rings. The molecule has 0 aliphatic heterocycles. The third-order valence-corrected chi connectivity index (χ3v) is 4.43. The minimum atomic E-state index is -1.08. The highest BCUT2D eigenvalue weighted by Gasteiger charge is 2.22. The smallest absolute Gasteiger partial charge is 0.326 e. The third kappa shape index (κ3) is 4.47. The van der Waals surface area contributed by atoms with Crippen LogP contribution in [0.3, 0.4) is 0 Å². The molecule has 1 amide bonds. The lowest BCUT2D eigenvalue weighted by molar-refractivity contribution is -0.142. The van der Waals surface area contributed by atoms with Gasteiger partial charge >= 0.3 is 5.97 Å². The number of carboxylic acid groups (broad SMARTS) is 1. The second-order valence-corrected chi connectivity index (χ2v) is 6.58. The number of aromatic amines is 1. The van der Waals surface area contributed by atoms with Crippen LogP contribution in [-0.2, 0) is 16.0 Å². The quantitative estimate of drug-likeness (QED) is 0.599. The van der Waals surface area contributed by atoms with E-state index in [1.54, 1.807) is 6.20 Å². The Morgan fingerprint density at radius 2 is 1.96 bits per heavy atom. The van der Waals surface area contributed by atoms with E-state index in [-0.39, 0.29) is 13.0 Å². The van der Waals surface area contributed by atoms with E-state index >= 15 is 0 Å². The van der Waals surface area contributed by atoms with Crippen molar-refractivity contribution < 1.29 is 19.4 Å². The number of carbonyl (C=O) groups excluding carboxylic acids is 1. The fourth-order valence-electron chi connectivity index (χ4n) is 2.96. The number of carboxylic acids is 1. The molecule has 0 spiro atoms. The van der Waals surface area contributed by atoms with E-state index in [1.165, 1.54) is 0 Å². The molecule has 0 radical (unpaired) electrons. The van der Waals surface area contributed by atoms with Crippen LogP contribution in [-0.4, -0.2) is 34.6 Å². The number of amides is 1. The number of rotatable bonds is 7. The molecule has 1 aromatic heterocycles. The standard InChI is InChI=1S/C21H22N2O4/c1-13-7-8-14(2)19(9-13)27-12-20(24)23-18(21(25)26)10-15-11-22-17-6-4-3-5-16(15)17/h3-9,11,18,22H,10,12H2,1-2H3,(H,23,24)(H,25,26)/t18-/m0/s1. The molecule has 6 nitrogen and oxygen atoms in total. The number of ether oxygens (including phenoxy) is 1. The Morgan fingerprint density at radius 3 is 2.74 bits per heavy atom. The molecular weight excluding hydrogens is 344 g/mol. The average molecular weight is 366 g/mol. The van der Waals surface area contributed by atoms with E-state index in [1.807, 2.05) is 56.3 Å². The summed E-state index contributed by atoms with van der Waals surface area (Å²) in [6.45, 7) is 3.60. The van der Waals surface area contributed by atoms with E-state index in [0.29, 0.717) is 5.75 Å². The predicted octanol–water partition coefficient (Wildman–Crippen LogP) is 2.98. The first-order valence-electron chi connectivity index (χ1n) is 8.71. The highest BCUT2D eigenvalue weighted by Crippen LogP contribution is 2.20. The SMILES string of the molecule is Cc1ccc(C)c(OCC(=O)N[C@@H](Cc2c[nH]c3ccccc23)C(=O)O)c1. The maximum Gasteiger partial charge on any atom is 0.326 e. The zero-order chi connectivity index (χ0) is 19.4. The van der Waals surface area contributed by atoms with Crippen molar-refractivity contribution in [3.63, 3.8) is 0 Å². The Balaban J connectivity index is 1.64. The number of para-hydroxylation sites is 1. The average Bonchev–Trinajstić information content (AvgIpc) is 3.05. The van der Waals surface area contributed by atoms with Gasteiger partial charge in [-0.1, -0.05) is 30.3 Å². The number of H-pyrrole nitrogens is 1. The van der Waals surface area contributed by atoms with Gasteiger partial charge in [0.05, 0.1) is 0 Å². The number of hydrogen-bond acceptors (Lipinski definition) is 3. The van der Waals surface area contributed by atoms with Crippen molar-refractivity contribution >= 4 is 22.8 Å². The summed E-state index contributed by atoms with van der Waals surface area (Å²) in [7, 11) is 0. The van der Waals surface area contributed by atoms with Crippen molar-refractivity contribution in [2.45, 2.75) is 26.3 Å². The normalized spacial score (nSPS) is 11.9. The largest absolute Gasteiger partial charge is 0.483 e. The second kappa shape index (κ2) is 7.95. The van der Waals surface area contributed by atoms with E-state index in [0.717, 1.165) is 27.6 Å². The summed E-state index contributed by atoms with van der Waals surface area (Å²) >= 11 is 0. The van der Waals surface area contributed by atoms with Crippen molar-refractivity contribution in [2.75, 3.05) is 6.61 Å². The van der Waals surface area contributed by atoms with E-state index < -0.39 is 17.9 Å². The molecule has 1 atom stereocenters. The van der Waals surface area contributed by atoms with Crippen LogP contribution in [0.2, 0.25) is 0 Å². The minimum Gasteiger partial charge on any atom is -0.483 e. The highest BCUT2D eigenvalue weighted by molar-refractivity contribution is 5.87. The summed E-state index contributed by atoms with van der Waals surface area (Å²) in [6, 6.07) is 12.3. The van der Waals surface area contributed by atoms with Gasteiger partial charge in [-0.05, 0) is 42.7 Å². The van der Waals surface area contributed by atoms with Crippen LogP contribution in [0.4, 0.5) is 0 Å². The monoisotopic (exact) mass is 366 g/mol. The number of aliphatic carboxylic acids is 1. The first-order valence-corrected chi connectivity index (χ1v) is 8.71. The zero-order valence-corrected chi connectivity index (χ0v) is 15.3. The van der Waals surface area contributed by atoms with Crippen LogP contribution in [0.5, 0.6) is 5.75 Å². The third-order valence-electron chi connectivity index (χ3n) is 4.43. The van der Waals surface area contributed by atoms with Crippen LogP contribution in [0.1, 0.15) is 16.7 Å². The number of benzene rings is 2. The summed E-state index contributed by atoms with van der Waals surface area (Å²) in [5.41, 5.74) is 3.72. The van der Waals surface area contributed by atoms with Gasteiger partial charge in [-0.3, -0.25) is 4.79 Å². The Hall–Kier alpha value is -3.28. The van der Waals surface area contributed by atoms with Gasteiger partial charge in [-0.2, -0.15) is 0 Å². The van der Waals surface area contributed by atoms with Gasteiger partial charge in [0.2, 0.25) is 0 Å². The molecule has 3 rings (SSSR count). The van der Waals surface area contributed by atoms with Gasteiger partial charge in [0.15, 0.2) is 6.61 Å². The Kier molecular flexibility index (Phi) is 5.45. The molecule has 27 heavy (non-hydrogen) atoms. The maximum absolute atomic E-state index is 12.2. The minimum absolute atomic E-state index is 0.189. The van der Waals surface area contributed by atoms with Crippen LogP contribution in [0.15, 0.2) is 48.7 Å². The molecule has 1 heterocycles. The topological polar surface area (TPSA) is 91.4 Å². The number of carbonyl (C=O) groups is 2. The summed E-state index contributed by atoms with van der Waals surface area (Å²) in [5, 5.41) is 13.0. The molecule has 0 aliphatic carbocycles. The van der Waals surface area contributed by atoms with Crippen LogP contribution in [0, 0.1) is 13.8 Å². The molecule has 0 bridgehead atoms. The van der Waals surface area contributed by atoms with E-state index in [9.17, 15) is 14.7 Å². The van der Waals surface area contributed by atoms with Crippen LogP contribution >= 0.6 is 0 Å². The molecule has 0 aliphatic rings. The summed E-state index contributed by atoms with van der Waals surface area (Å²) < 4.78 is 5.55. The fourth-order valence-corrected chi connectivity index (χ4v) is 2.96. The van der Waals surface area contributed by atoms with Gasteiger partial charge in [-0.15, -0.1) is 0 Å². The van der Waals surface area contributed by atoms with Gasteiger partial charge in [0, 0.05) is 23.5 Å². The van der Waals surface area contributed by atoms with Crippen molar-refractivity contribution in [1.29, 1.82) is 0 Å². The lowest BCUT2D eigenvalue weighted by Gasteiger charge is -2.15. The number of nitrogens with one attached hydrogen (secondary N) is 2. The van der Waals surface area contributed by atoms with Gasteiger partial charge in [0.1, 0.15) is 11.8 Å². The van der Waals surface area contributed by atoms with Gasteiger partial charge in [0.25, 0.3) is 5.91 Å². The van der Waals surface area contributed by atoms with Crippen LogP contribution in [0.25, 0.3) is 10.9 Å².